The van der Waals surface area contributed by atoms with E-state index in [-0.39, 0.29) is 5.56 Å². The fourth-order valence-corrected chi connectivity index (χ4v) is 2.84. The highest BCUT2D eigenvalue weighted by Crippen LogP contribution is 2.38. The monoisotopic (exact) mass is 288 g/mol. The Morgan fingerprint density at radius 2 is 1.67 bits per heavy atom. The third kappa shape index (κ3) is 2.70. The Kier molecular flexibility index (Phi) is 3.54. The number of hydrogen-bond acceptors (Lipinski definition) is 1. The predicted octanol–water partition coefficient (Wildman–Crippen LogP) is 4.49. The Labute approximate surface area is 123 Å². The summed E-state index contributed by atoms with van der Waals surface area (Å²) in [4.78, 5) is 0. The molecule has 1 aliphatic carbocycles. The molecule has 1 N–H and O–H groups in total. The molecule has 1 unspecified atom stereocenters. The maximum Gasteiger partial charge on any atom is 0.126 e. The van der Waals surface area contributed by atoms with E-state index in [1.54, 1.807) is 13.0 Å². The van der Waals surface area contributed by atoms with Gasteiger partial charge in [-0.25, -0.2) is 8.78 Å². The van der Waals surface area contributed by atoms with Crippen molar-refractivity contribution in [3.8, 4) is 0 Å². The van der Waals surface area contributed by atoms with Gasteiger partial charge in [0, 0.05) is 6.07 Å². The van der Waals surface area contributed by atoms with Crippen molar-refractivity contribution in [1.29, 1.82) is 0 Å². The van der Waals surface area contributed by atoms with E-state index in [0.717, 1.165) is 6.07 Å². The van der Waals surface area contributed by atoms with E-state index in [1.807, 2.05) is 12.1 Å². The van der Waals surface area contributed by atoms with Gasteiger partial charge in [-0.05, 0) is 54.5 Å². The van der Waals surface area contributed by atoms with Crippen molar-refractivity contribution in [2.24, 2.45) is 0 Å². The number of aliphatic hydroxyl groups is 1. The van der Waals surface area contributed by atoms with Crippen molar-refractivity contribution < 1.29 is 13.9 Å². The molecule has 3 heteroatoms. The van der Waals surface area contributed by atoms with Crippen LogP contribution in [0.3, 0.4) is 0 Å². The molecule has 1 nitrogen and oxygen atoms in total. The van der Waals surface area contributed by atoms with E-state index >= 15 is 0 Å². The van der Waals surface area contributed by atoms with E-state index in [9.17, 15) is 13.9 Å². The lowest BCUT2D eigenvalue weighted by Gasteiger charge is -2.29. The molecule has 1 saturated carbocycles. The molecule has 0 radical (unpaired) electrons. The molecule has 1 atom stereocenters. The Balaban J connectivity index is 2.00. The summed E-state index contributed by atoms with van der Waals surface area (Å²) in [6.45, 7) is 1.57. The van der Waals surface area contributed by atoms with Gasteiger partial charge >= 0.3 is 0 Å². The summed E-state index contributed by atoms with van der Waals surface area (Å²) in [7, 11) is 0. The van der Waals surface area contributed by atoms with Crippen LogP contribution in [0.2, 0.25) is 0 Å². The van der Waals surface area contributed by atoms with Crippen molar-refractivity contribution in [2.45, 2.75) is 37.7 Å². The fraction of sp³-hybridized carbons (Fsp3) is 0.333. The van der Waals surface area contributed by atoms with Gasteiger partial charge in [-0.1, -0.05) is 30.7 Å². The third-order valence-corrected chi connectivity index (χ3v) is 4.45. The first-order chi connectivity index (χ1) is 9.96. The molecule has 2 aromatic rings. The van der Waals surface area contributed by atoms with Crippen molar-refractivity contribution in [3.05, 3.63) is 70.8 Å². The molecule has 0 amide bonds. The van der Waals surface area contributed by atoms with Crippen molar-refractivity contribution >= 4 is 0 Å². The Hall–Kier alpha value is -1.74. The number of benzene rings is 2. The largest absolute Gasteiger partial charge is 0.381 e. The number of rotatable bonds is 3. The summed E-state index contributed by atoms with van der Waals surface area (Å²) >= 11 is 0. The Morgan fingerprint density at radius 3 is 2.24 bits per heavy atom. The van der Waals surface area contributed by atoms with Crippen molar-refractivity contribution in [3.63, 3.8) is 0 Å². The predicted molar refractivity (Wildman–Crippen MR) is 78.1 cm³/mol. The average molecular weight is 288 g/mol. The van der Waals surface area contributed by atoms with E-state index in [2.05, 4.69) is 6.07 Å². The summed E-state index contributed by atoms with van der Waals surface area (Å²) in [6, 6.07) is 10.9. The molecule has 1 aliphatic rings. The first-order valence-electron chi connectivity index (χ1n) is 7.26. The van der Waals surface area contributed by atoms with Gasteiger partial charge in [0.15, 0.2) is 0 Å². The molecule has 1 fully saturated rings. The lowest BCUT2D eigenvalue weighted by Crippen LogP contribution is -2.24. The highest BCUT2D eigenvalue weighted by molar-refractivity contribution is 5.38. The number of halogens is 2. The fourth-order valence-electron chi connectivity index (χ4n) is 2.84. The highest BCUT2D eigenvalue weighted by Gasteiger charge is 2.28. The standard InChI is InChI=1S/C18H18F2O/c1-18(21,15-9-16(19)11-17(20)10-15)14-7-3-6-13(8-14)12-4-2-5-12/h3,6-12,21H,2,4-5H2,1H3. The van der Waals surface area contributed by atoms with E-state index in [0.29, 0.717) is 11.5 Å². The summed E-state index contributed by atoms with van der Waals surface area (Å²) < 4.78 is 26.8. The molecule has 0 bridgehead atoms. The molecule has 2 aromatic carbocycles. The highest BCUT2D eigenvalue weighted by atomic mass is 19.1. The molecule has 110 valence electrons. The minimum Gasteiger partial charge on any atom is -0.381 e. The first kappa shape index (κ1) is 14.2. The molecule has 0 heterocycles. The minimum atomic E-state index is -1.41. The molecule has 0 saturated heterocycles. The van der Waals surface area contributed by atoms with Gasteiger partial charge in [-0.15, -0.1) is 0 Å². The van der Waals surface area contributed by atoms with Gasteiger partial charge in [0.1, 0.15) is 17.2 Å². The molecule has 0 aromatic heterocycles. The minimum absolute atomic E-state index is 0.228. The first-order valence-corrected chi connectivity index (χ1v) is 7.26. The SMILES string of the molecule is CC(O)(c1cc(F)cc(F)c1)c1cccc(C2CCC2)c1. The smallest absolute Gasteiger partial charge is 0.126 e. The maximum atomic E-state index is 13.4. The second kappa shape index (κ2) is 5.23. The van der Waals surface area contributed by atoms with Crippen LogP contribution in [-0.2, 0) is 5.60 Å². The normalized spacial score (nSPS) is 18.1. The summed E-state index contributed by atoms with van der Waals surface area (Å²) in [5.74, 6) is -0.814. The zero-order valence-electron chi connectivity index (χ0n) is 11.9. The molecule has 21 heavy (non-hydrogen) atoms. The van der Waals surface area contributed by atoms with Crippen molar-refractivity contribution in [1.82, 2.24) is 0 Å². The van der Waals surface area contributed by atoms with Gasteiger partial charge in [0.2, 0.25) is 0 Å². The third-order valence-electron chi connectivity index (χ3n) is 4.45. The van der Waals surface area contributed by atoms with Crippen LogP contribution in [0, 0.1) is 11.6 Å². The van der Waals surface area contributed by atoms with Crippen LogP contribution in [0.1, 0.15) is 48.8 Å². The quantitative estimate of drug-likeness (QED) is 0.882. The van der Waals surface area contributed by atoms with Crippen LogP contribution in [0.4, 0.5) is 8.78 Å². The van der Waals surface area contributed by atoms with E-state index in [4.69, 9.17) is 0 Å². The summed E-state index contributed by atoms with van der Waals surface area (Å²) in [5, 5.41) is 10.8. The molecule has 0 spiro atoms. The van der Waals surface area contributed by atoms with E-state index < -0.39 is 17.2 Å². The topological polar surface area (TPSA) is 20.2 Å². The lowest BCUT2D eigenvalue weighted by molar-refractivity contribution is 0.101. The van der Waals surface area contributed by atoms with Crippen LogP contribution in [0.5, 0.6) is 0 Å². The Bertz CT molecular complexity index is 640. The lowest BCUT2D eigenvalue weighted by atomic mass is 9.78. The van der Waals surface area contributed by atoms with Gasteiger partial charge in [-0.3, -0.25) is 0 Å². The van der Waals surface area contributed by atoms with Crippen LogP contribution in [0.15, 0.2) is 42.5 Å². The van der Waals surface area contributed by atoms with Gasteiger partial charge in [0.25, 0.3) is 0 Å². The van der Waals surface area contributed by atoms with Gasteiger partial charge < -0.3 is 5.11 Å². The molecule has 0 aliphatic heterocycles. The maximum absolute atomic E-state index is 13.4. The summed E-state index contributed by atoms with van der Waals surface area (Å²) in [5.41, 5.74) is 0.668. The van der Waals surface area contributed by atoms with Gasteiger partial charge in [-0.2, -0.15) is 0 Å². The molecule has 3 rings (SSSR count). The van der Waals surface area contributed by atoms with Crippen LogP contribution >= 0.6 is 0 Å². The second-order valence-corrected chi connectivity index (χ2v) is 5.98. The average Bonchev–Trinajstić information content (AvgIpc) is 2.36. The summed E-state index contributed by atoms with van der Waals surface area (Å²) in [6.07, 6.45) is 3.57. The molecular weight excluding hydrogens is 270 g/mol. The zero-order chi connectivity index (χ0) is 15.0. The van der Waals surface area contributed by atoms with Crippen LogP contribution < -0.4 is 0 Å². The van der Waals surface area contributed by atoms with Crippen LogP contribution in [-0.4, -0.2) is 5.11 Å². The van der Waals surface area contributed by atoms with Gasteiger partial charge in [0.05, 0.1) is 0 Å². The van der Waals surface area contributed by atoms with Crippen LogP contribution in [0.25, 0.3) is 0 Å². The second-order valence-electron chi connectivity index (χ2n) is 5.98. The van der Waals surface area contributed by atoms with Crippen molar-refractivity contribution in [2.75, 3.05) is 0 Å². The Morgan fingerprint density at radius 1 is 1.00 bits per heavy atom. The number of hydrogen-bond donors (Lipinski definition) is 1. The molecular formula is C18H18F2O. The van der Waals surface area contributed by atoms with E-state index in [1.165, 1.54) is 37.0 Å². The zero-order valence-corrected chi connectivity index (χ0v) is 11.9.